The van der Waals surface area contributed by atoms with E-state index in [2.05, 4.69) is 24.8 Å². The Kier molecular flexibility index (Phi) is 4.40. The predicted octanol–water partition coefficient (Wildman–Crippen LogP) is 3.90. The normalized spacial score (nSPS) is 16.2. The molecule has 0 N–H and O–H groups in total. The summed E-state index contributed by atoms with van der Waals surface area (Å²) in [5.74, 6) is 0.616. The summed E-state index contributed by atoms with van der Waals surface area (Å²) in [7, 11) is 0. The molecule has 1 aromatic carbocycles. The van der Waals surface area contributed by atoms with Crippen LogP contribution in [0.4, 0.5) is 5.69 Å². The number of hydrogen-bond acceptors (Lipinski definition) is 2. The van der Waals surface area contributed by atoms with Crippen LogP contribution in [-0.2, 0) is 0 Å². The fourth-order valence-corrected chi connectivity index (χ4v) is 2.90. The Balaban J connectivity index is 2.29. The molecule has 2 rings (SSSR count). The van der Waals surface area contributed by atoms with Gasteiger partial charge in [-0.2, -0.15) is 0 Å². The van der Waals surface area contributed by atoms with Crippen LogP contribution in [0.3, 0.4) is 0 Å². The van der Waals surface area contributed by atoms with E-state index in [0.717, 1.165) is 24.1 Å². The second-order valence-electron chi connectivity index (χ2n) is 5.66. The van der Waals surface area contributed by atoms with Crippen LogP contribution in [-0.4, -0.2) is 18.9 Å². The largest absolute Gasteiger partial charge is 0.368 e. The number of carbonyl (C=O) groups is 1. The molecule has 0 amide bonds. The van der Waals surface area contributed by atoms with Crippen molar-refractivity contribution >= 4 is 12.0 Å². The Morgan fingerprint density at radius 3 is 2.56 bits per heavy atom. The van der Waals surface area contributed by atoms with Crippen LogP contribution in [0.15, 0.2) is 24.3 Å². The van der Waals surface area contributed by atoms with Gasteiger partial charge in [0.25, 0.3) is 0 Å². The van der Waals surface area contributed by atoms with Crippen LogP contribution in [0, 0.1) is 5.92 Å². The van der Waals surface area contributed by atoms with Gasteiger partial charge in [-0.05, 0) is 30.9 Å². The van der Waals surface area contributed by atoms with Crippen LogP contribution in [0.5, 0.6) is 0 Å². The molecule has 1 aliphatic rings. The van der Waals surface area contributed by atoms with Crippen molar-refractivity contribution in [3.8, 4) is 0 Å². The van der Waals surface area contributed by atoms with E-state index in [1.807, 2.05) is 18.2 Å². The van der Waals surface area contributed by atoms with E-state index in [4.69, 9.17) is 0 Å². The lowest BCUT2D eigenvalue weighted by molar-refractivity contribution is 0.112. The molecule has 0 spiro atoms. The summed E-state index contributed by atoms with van der Waals surface area (Å²) in [5.41, 5.74) is 1.94. The molecule has 1 aliphatic carbocycles. The molecule has 0 unspecified atom stereocenters. The number of benzene rings is 1. The van der Waals surface area contributed by atoms with Crippen LogP contribution >= 0.6 is 0 Å². The molecule has 2 nitrogen and oxygen atoms in total. The van der Waals surface area contributed by atoms with Gasteiger partial charge in [-0.25, -0.2) is 0 Å². The zero-order chi connectivity index (χ0) is 13.0. The van der Waals surface area contributed by atoms with Crippen molar-refractivity contribution in [3.63, 3.8) is 0 Å². The summed E-state index contributed by atoms with van der Waals surface area (Å²) in [6, 6.07) is 8.60. The van der Waals surface area contributed by atoms with Crippen molar-refractivity contribution in [1.82, 2.24) is 0 Å². The van der Waals surface area contributed by atoms with Gasteiger partial charge >= 0.3 is 0 Å². The topological polar surface area (TPSA) is 20.3 Å². The number of aldehydes is 1. The molecule has 0 saturated heterocycles. The molecule has 1 aromatic rings. The summed E-state index contributed by atoms with van der Waals surface area (Å²) < 4.78 is 0. The SMILES string of the molecule is CC(C)CN(c1ccccc1C=O)C1CCCC1. The maximum Gasteiger partial charge on any atom is 0.152 e. The van der Waals surface area contributed by atoms with Gasteiger partial charge in [0.2, 0.25) is 0 Å². The molecule has 0 aliphatic heterocycles. The molecule has 0 radical (unpaired) electrons. The Bertz CT molecular complexity index is 394. The maximum absolute atomic E-state index is 11.2. The summed E-state index contributed by atoms with van der Waals surface area (Å²) >= 11 is 0. The number of anilines is 1. The third-order valence-corrected chi connectivity index (χ3v) is 3.70. The van der Waals surface area contributed by atoms with Crippen LogP contribution in [0.2, 0.25) is 0 Å². The highest BCUT2D eigenvalue weighted by Crippen LogP contribution is 2.30. The minimum absolute atomic E-state index is 0.616. The number of para-hydroxylation sites is 1. The first-order valence-electron chi connectivity index (χ1n) is 7.03. The van der Waals surface area contributed by atoms with E-state index in [-0.39, 0.29) is 0 Å². The zero-order valence-electron chi connectivity index (χ0n) is 11.4. The van der Waals surface area contributed by atoms with Crippen molar-refractivity contribution in [1.29, 1.82) is 0 Å². The lowest BCUT2D eigenvalue weighted by Gasteiger charge is -2.33. The predicted molar refractivity (Wildman–Crippen MR) is 76.3 cm³/mol. The molecule has 1 fully saturated rings. The molecule has 0 aromatic heterocycles. The van der Waals surface area contributed by atoms with E-state index < -0.39 is 0 Å². The van der Waals surface area contributed by atoms with Gasteiger partial charge in [0, 0.05) is 23.8 Å². The number of carbonyl (C=O) groups excluding carboxylic acids is 1. The fraction of sp³-hybridized carbons (Fsp3) is 0.562. The monoisotopic (exact) mass is 245 g/mol. The van der Waals surface area contributed by atoms with Gasteiger partial charge in [0.05, 0.1) is 0 Å². The molecule has 0 atom stereocenters. The first-order chi connectivity index (χ1) is 8.72. The van der Waals surface area contributed by atoms with E-state index in [1.54, 1.807) is 0 Å². The molecule has 2 heteroatoms. The average molecular weight is 245 g/mol. The highest BCUT2D eigenvalue weighted by molar-refractivity contribution is 5.84. The van der Waals surface area contributed by atoms with Gasteiger partial charge in [0.1, 0.15) is 0 Å². The average Bonchev–Trinajstić information content (AvgIpc) is 2.89. The number of nitrogens with zero attached hydrogens (tertiary/aromatic N) is 1. The van der Waals surface area contributed by atoms with Crippen LogP contribution < -0.4 is 4.90 Å². The number of rotatable bonds is 5. The van der Waals surface area contributed by atoms with Gasteiger partial charge in [0.15, 0.2) is 6.29 Å². The van der Waals surface area contributed by atoms with Crippen molar-refractivity contribution in [2.75, 3.05) is 11.4 Å². The Morgan fingerprint density at radius 2 is 1.94 bits per heavy atom. The van der Waals surface area contributed by atoms with E-state index in [0.29, 0.717) is 12.0 Å². The molecule has 18 heavy (non-hydrogen) atoms. The molecular formula is C16H23NO. The van der Waals surface area contributed by atoms with E-state index in [1.165, 1.54) is 25.7 Å². The first kappa shape index (κ1) is 13.1. The zero-order valence-corrected chi connectivity index (χ0v) is 11.4. The first-order valence-corrected chi connectivity index (χ1v) is 7.03. The lowest BCUT2D eigenvalue weighted by atomic mass is 10.1. The third-order valence-electron chi connectivity index (χ3n) is 3.70. The summed E-state index contributed by atoms with van der Waals surface area (Å²) in [6.45, 7) is 5.52. The minimum Gasteiger partial charge on any atom is -0.368 e. The van der Waals surface area contributed by atoms with Crippen molar-refractivity contribution < 1.29 is 4.79 Å². The highest BCUT2D eigenvalue weighted by Gasteiger charge is 2.24. The Morgan fingerprint density at radius 1 is 1.28 bits per heavy atom. The molecule has 98 valence electrons. The van der Waals surface area contributed by atoms with Crippen molar-refractivity contribution in [2.24, 2.45) is 5.92 Å². The van der Waals surface area contributed by atoms with Crippen molar-refractivity contribution in [2.45, 2.75) is 45.6 Å². The Hall–Kier alpha value is -1.31. The fourth-order valence-electron chi connectivity index (χ4n) is 2.90. The highest BCUT2D eigenvalue weighted by atomic mass is 16.1. The second kappa shape index (κ2) is 6.03. The van der Waals surface area contributed by atoms with Gasteiger partial charge < -0.3 is 4.90 Å². The molecule has 0 bridgehead atoms. The molecule has 0 heterocycles. The minimum atomic E-state index is 0.616. The van der Waals surface area contributed by atoms with Crippen LogP contribution in [0.25, 0.3) is 0 Å². The quantitative estimate of drug-likeness (QED) is 0.733. The summed E-state index contributed by atoms with van der Waals surface area (Å²) in [4.78, 5) is 13.7. The molecular weight excluding hydrogens is 222 g/mol. The standard InChI is InChI=1S/C16H23NO/c1-13(2)11-17(15-8-4-5-9-15)16-10-6-3-7-14(16)12-18/h3,6-7,10,12-13,15H,4-5,8-9,11H2,1-2H3. The van der Waals surface area contributed by atoms with E-state index in [9.17, 15) is 4.79 Å². The van der Waals surface area contributed by atoms with Gasteiger partial charge in [-0.1, -0.05) is 38.8 Å². The molecule has 1 saturated carbocycles. The van der Waals surface area contributed by atoms with Gasteiger partial charge in [-0.15, -0.1) is 0 Å². The number of hydrogen-bond donors (Lipinski definition) is 0. The summed E-state index contributed by atoms with van der Waals surface area (Å²) in [5, 5.41) is 0. The summed E-state index contributed by atoms with van der Waals surface area (Å²) in [6.07, 6.45) is 6.16. The van der Waals surface area contributed by atoms with E-state index >= 15 is 0 Å². The van der Waals surface area contributed by atoms with Crippen molar-refractivity contribution in [3.05, 3.63) is 29.8 Å². The smallest absolute Gasteiger partial charge is 0.152 e. The Labute approximate surface area is 110 Å². The third kappa shape index (κ3) is 2.92. The van der Waals surface area contributed by atoms with Gasteiger partial charge in [-0.3, -0.25) is 4.79 Å². The second-order valence-corrected chi connectivity index (χ2v) is 5.66. The van der Waals surface area contributed by atoms with Crippen LogP contribution in [0.1, 0.15) is 49.9 Å². The lowest BCUT2D eigenvalue weighted by Crippen LogP contribution is -2.36. The maximum atomic E-state index is 11.2.